The highest BCUT2D eigenvalue weighted by atomic mass is 16.4. The number of carboxylic acid groups (broad SMARTS) is 1. The summed E-state index contributed by atoms with van der Waals surface area (Å²) in [6.07, 6.45) is 0. The van der Waals surface area contributed by atoms with Crippen LogP contribution in [0.5, 0.6) is 5.75 Å². The van der Waals surface area contributed by atoms with Crippen LogP contribution < -0.4 is 5.73 Å². The highest BCUT2D eigenvalue weighted by molar-refractivity contribution is 5.94. The standard InChI is InChI=1S/C14H11NO4/c15-13(17)9-3-1-2-8(6-9)11-5-4-10(14(18)19)7-12(11)16/h1-7,16H,(H2,15,17)(H,18,19). The molecule has 4 N–H and O–H groups in total. The van der Waals surface area contributed by atoms with Gasteiger partial charge in [-0.25, -0.2) is 4.79 Å². The molecule has 0 aromatic heterocycles. The fourth-order valence-electron chi connectivity index (χ4n) is 1.75. The summed E-state index contributed by atoms with van der Waals surface area (Å²) in [5, 5.41) is 18.7. The van der Waals surface area contributed by atoms with E-state index in [1.54, 1.807) is 18.2 Å². The minimum Gasteiger partial charge on any atom is -0.507 e. The number of aromatic carboxylic acids is 1. The maximum absolute atomic E-state index is 11.1. The van der Waals surface area contributed by atoms with Gasteiger partial charge in [-0.15, -0.1) is 0 Å². The Hall–Kier alpha value is -2.82. The third-order valence-corrected chi connectivity index (χ3v) is 2.70. The summed E-state index contributed by atoms with van der Waals surface area (Å²) in [7, 11) is 0. The van der Waals surface area contributed by atoms with E-state index in [4.69, 9.17) is 10.8 Å². The van der Waals surface area contributed by atoms with E-state index < -0.39 is 11.9 Å². The maximum atomic E-state index is 11.1. The van der Waals surface area contributed by atoms with Gasteiger partial charge in [-0.1, -0.05) is 12.1 Å². The predicted molar refractivity (Wildman–Crippen MR) is 69.0 cm³/mol. The number of rotatable bonds is 3. The summed E-state index contributed by atoms with van der Waals surface area (Å²) >= 11 is 0. The van der Waals surface area contributed by atoms with Crippen LogP contribution in [0.1, 0.15) is 20.7 Å². The van der Waals surface area contributed by atoms with Crippen LogP contribution in [0.15, 0.2) is 42.5 Å². The predicted octanol–water partition coefficient (Wildman–Crippen LogP) is 1.86. The van der Waals surface area contributed by atoms with Gasteiger partial charge in [0.1, 0.15) is 5.75 Å². The van der Waals surface area contributed by atoms with Crippen LogP contribution in [-0.2, 0) is 0 Å². The van der Waals surface area contributed by atoms with Gasteiger partial charge in [-0.3, -0.25) is 4.79 Å². The summed E-state index contributed by atoms with van der Waals surface area (Å²) in [5.74, 6) is -1.85. The van der Waals surface area contributed by atoms with Crippen molar-refractivity contribution in [3.8, 4) is 16.9 Å². The van der Waals surface area contributed by atoms with Crippen LogP contribution in [-0.4, -0.2) is 22.1 Å². The lowest BCUT2D eigenvalue weighted by molar-refractivity contribution is 0.0696. The molecule has 0 bridgehead atoms. The Balaban J connectivity index is 2.50. The van der Waals surface area contributed by atoms with Crippen molar-refractivity contribution in [1.82, 2.24) is 0 Å². The van der Waals surface area contributed by atoms with Gasteiger partial charge >= 0.3 is 5.97 Å². The number of phenolic OH excluding ortho intramolecular Hbond substituents is 1. The van der Waals surface area contributed by atoms with Crippen LogP contribution in [0.25, 0.3) is 11.1 Å². The van der Waals surface area contributed by atoms with Gasteiger partial charge in [0.2, 0.25) is 5.91 Å². The van der Waals surface area contributed by atoms with E-state index in [0.29, 0.717) is 16.7 Å². The fourth-order valence-corrected chi connectivity index (χ4v) is 1.75. The monoisotopic (exact) mass is 257 g/mol. The Morgan fingerprint density at radius 2 is 1.74 bits per heavy atom. The van der Waals surface area contributed by atoms with Gasteiger partial charge in [-0.05, 0) is 35.9 Å². The average molecular weight is 257 g/mol. The van der Waals surface area contributed by atoms with Gasteiger partial charge in [0.25, 0.3) is 0 Å². The number of carboxylic acids is 1. The van der Waals surface area contributed by atoms with Gasteiger partial charge in [0, 0.05) is 11.1 Å². The minimum atomic E-state index is -1.12. The van der Waals surface area contributed by atoms with Crippen LogP contribution in [0.4, 0.5) is 0 Å². The molecular formula is C14H11NO4. The molecule has 1 amide bonds. The van der Waals surface area contributed by atoms with E-state index in [0.717, 1.165) is 6.07 Å². The molecule has 0 aliphatic heterocycles. The lowest BCUT2D eigenvalue weighted by Gasteiger charge is -2.07. The van der Waals surface area contributed by atoms with Gasteiger partial charge in [0.15, 0.2) is 0 Å². The van der Waals surface area contributed by atoms with Gasteiger partial charge in [0.05, 0.1) is 5.56 Å². The zero-order chi connectivity index (χ0) is 14.0. The largest absolute Gasteiger partial charge is 0.507 e. The SMILES string of the molecule is NC(=O)c1cccc(-c2ccc(C(=O)O)cc2O)c1. The second-order valence-corrected chi connectivity index (χ2v) is 3.98. The van der Waals surface area contributed by atoms with E-state index in [2.05, 4.69) is 0 Å². The second-order valence-electron chi connectivity index (χ2n) is 3.98. The average Bonchev–Trinajstić information content (AvgIpc) is 2.38. The fraction of sp³-hybridized carbons (Fsp3) is 0. The zero-order valence-corrected chi connectivity index (χ0v) is 9.83. The zero-order valence-electron chi connectivity index (χ0n) is 9.83. The van der Waals surface area contributed by atoms with Crippen LogP contribution >= 0.6 is 0 Å². The van der Waals surface area contributed by atoms with E-state index in [1.165, 1.54) is 18.2 Å². The lowest BCUT2D eigenvalue weighted by Crippen LogP contribution is -2.10. The number of hydrogen-bond acceptors (Lipinski definition) is 3. The molecule has 96 valence electrons. The second kappa shape index (κ2) is 4.81. The molecule has 2 rings (SSSR count). The first kappa shape index (κ1) is 12.6. The quantitative estimate of drug-likeness (QED) is 0.781. The summed E-state index contributed by atoms with van der Waals surface area (Å²) < 4.78 is 0. The first-order valence-corrected chi connectivity index (χ1v) is 5.45. The first-order valence-electron chi connectivity index (χ1n) is 5.45. The van der Waals surface area contributed by atoms with Gasteiger partial charge in [-0.2, -0.15) is 0 Å². The third-order valence-electron chi connectivity index (χ3n) is 2.70. The van der Waals surface area contributed by atoms with Crippen molar-refractivity contribution in [3.63, 3.8) is 0 Å². The summed E-state index contributed by atoms with van der Waals surface area (Å²) in [4.78, 5) is 21.9. The molecule has 5 heteroatoms. The molecule has 0 fully saturated rings. The topological polar surface area (TPSA) is 101 Å². The number of nitrogens with two attached hydrogens (primary N) is 1. The van der Waals surface area contributed by atoms with Crippen LogP contribution in [0, 0.1) is 0 Å². The Morgan fingerprint density at radius 1 is 1.00 bits per heavy atom. The van der Waals surface area contributed by atoms with Crippen molar-refractivity contribution in [2.75, 3.05) is 0 Å². The number of primary amides is 1. The number of carbonyl (C=O) groups excluding carboxylic acids is 1. The number of benzene rings is 2. The molecule has 2 aromatic carbocycles. The minimum absolute atomic E-state index is 0.00712. The van der Waals surface area contributed by atoms with E-state index in [9.17, 15) is 14.7 Å². The van der Waals surface area contributed by atoms with Crippen LogP contribution in [0.2, 0.25) is 0 Å². The normalized spacial score (nSPS) is 10.1. The van der Waals surface area contributed by atoms with Crippen LogP contribution in [0.3, 0.4) is 0 Å². The maximum Gasteiger partial charge on any atom is 0.335 e. The first-order chi connectivity index (χ1) is 8.99. The smallest absolute Gasteiger partial charge is 0.335 e. The van der Waals surface area contributed by atoms with Crippen molar-refractivity contribution >= 4 is 11.9 Å². The van der Waals surface area contributed by atoms with Crippen molar-refractivity contribution in [1.29, 1.82) is 0 Å². The Labute approximate surface area is 108 Å². The molecule has 0 radical (unpaired) electrons. The molecule has 5 nitrogen and oxygen atoms in total. The van der Waals surface area contributed by atoms with Crippen molar-refractivity contribution in [3.05, 3.63) is 53.6 Å². The number of phenols is 1. The molecule has 0 saturated heterocycles. The number of hydrogen-bond donors (Lipinski definition) is 3. The van der Waals surface area contributed by atoms with Crippen molar-refractivity contribution in [2.45, 2.75) is 0 Å². The Morgan fingerprint density at radius 3 is 2.32 bits per heavy atom. The molecule has 0 saturated carbocycles. The number of carbonyl (C=O) groups is 2. The lowest BCUT2D eigenvalue weighted by atomic mass is 10.0. The third kappa shape index (κ3) is 2.55. The highest BCUT2D eigenvalue weighted by Gasteiger charge is 2.10. The molecule has 0 unspecified atom stereocenters. The Kier molecular flexibility index (Phi) is 3.20. The summed E-state index contributed by atoms with van der Waals surface area (Å²) in [6.45, 7) is 0. The highest BCUT2D eigenvalue weighted by Crippen LogP contribution is 2.30. The molecule has 0 heterocycles. The number of aromatic hydroxyl groups is 1. The molecule has 0 spiro atoms. The summed E-state index contributed by atoms with van der Waals surface area (Å²) in [5.41, 5.74) is 6.52. The molecule has 2 aromatic rings. The molecule has 0 atom stereocenters. The Bertz CT molecular complexity index is 664. The van der Waals surface area contributed by atoms with Gasteiger partial charge < -0.3 is 15.9 Å². The van der Waals surface area contributed by atoms with E-state index in [1.807, 2.05) is 0 Å². The van der Waals surface area contributed by atoms with Crippen molar-refractivity contribution in [2.24, 2.45) is 5.73 Å². The number of amides is 1. The van der Waals surface area contributed by atoms with E-state index in [-0.39, 0.29) is 11.3 Å². The van der Waals surface area contributed by atoms with Crippen molar-refractivity contribution < 1.29 is 19.8 Å². The molecule has 0 aliphatic carbocycles. The summed E-state index contributed by atoms with van der Waals surface area (Å²) in [6, 6.07) is 10.5. The molecular weight excluding hydrogens is 246 g/mol. The molecule has 19 heavy (non-hydrogen) atoms. The van der Waals surface area contributed by atoms with E-state index >= 15 is 0 Å². The molecule has 0 aliphatic rings.